The molecule has 0 aliphatic rings. The molecule has 0 aliphatic heterocycles. The Balaban J connectivity index is 2.90. The number of hydrogen-bond acceptors (Lipinski definition) is 4. The number of rotatable bonds is 4. The highest BCUT2D eigenvalue weighted by molar-refractivity contribution is 8.13. The Morgan fingerprint density at radius 3 is 2.76 bits per heavy atom. The number of carbonyl (C=O) groups is 1. The zero-order valence-corrected chi connectivity index (χ0v) is 10.7. The quantitative estimate of drug-likeness (QED) is 0.480. The van der Waals surface area contributed by atoms with Crippen molar-refractivity contribution in [2.75, 3.05) is 6.61 Å². The number of ether oxygens (including phenoxy) is 1. The van der Waals surface area contributed by atoms with Crippen LogP contribution in [0, 0.1) is 0 Å². The van der Waals surface area contributed by atoms with Crippen LogP contribution in [0.1, 0.15) is 12.5 Å². The Hall–Kier alpha value is -1.33. The smallest absolute Gasteiger partial charge is 0.330 e. The molecule has 92 valence electrons. The lowest BCUT2D eigenvalue weighted by Crippen LogP contribution is -1.98. The summed E-state index contributed by atoms with van der Waals surface area (Å²) in [5, 5.41) is 0. The van der Waals surface area contributed by atoms with E-state index in [9.17, 15) is 13.2 Å². The topological polar surface area (TPSA) is 60.4 Å². The maximum absolute atomic E-state index is 11.1. The molecule has 1 rings (SSSR count). The summed E-state index contributed by atoms with van der Waals surface area (Å²) in [6.07, 6.45) is 2.69. The number of carbonyl (C=O) groups excluding carboxylic acids is 1. The molecule has 6 heteroatoms. The summed E-state index contributed by atoms with van der Waals surface area (Å²) >= 11 is 0. The molecule has 0 aliphatic carbocycles. The molecule has 1 aromatic carbocycles. The molecule has 0 spiro atoms. The first-order valence-corrected chi connectivity index (χ1v) is 7.14. The van der Waals surface area contributed by atoms with Gasteiger partial charge in [-0.3, -0.25) is 0 Å². The zero-order valence-electron chi connectivity index (χ0n) is 9.09. The first-order valence-electron chi connectivity index (χ1n) is 4.83. The molecule has 0 unspecified atom stereocenters. The van der Waals surface area contributed by atoms with Crippen molar-refractivity contribution in [3.05, 3.63) is 35.9 Å². The summed E-state index contributed by atoms with van der Waals surface area (Å²) in [6.45, 7) is 1.99. The summed E-state index contributed by atoms with van der Waals surface area (Å²) in [4.78, 5) is 11.0. The number of hydrogen-bond donors (Lipinski definition) is 0. The van der Waals surface area contributed by atoms with Gasteiger partial charge in [-0.1, -0.05) is 12.1 Å². The highest BCUT2D eigenvalue weighted by atomic mass is 35.7. The van der Waals surface area contributed by atoms with E-state index in [2.05, 4.69) is 0 Å². The van der Waals surface area contributed by atoms with E-state index in [4.69, 9.17) is 15.4 Å². The number of benzene rings is 1. The second-order valence-corrected chi connectivity index (χ2v) is 5.66. The average Bonchev–Trinajstić information content (AvgIpc) is 2.26. The van der Waals surface area contributed by atoms with Crippen molar-refractivity contribution in [1.82, 2.24) is 0 Å². The van der Waals surface area contributed by atoms with Gasteiger partial charge in [0, 0.05) is 16.8 Å². The van der Waals surface area contributed by atoms with Crippen molar-refractivity contribution in [1.29, 1.82) is 0 Å². The van der Waals surface area contributed by atoms with E-state index < -0.39 is 15.0 Å². The Labute approximate surface area is 104 Å². The molecule has 17 heavy (non-hydrogen) atoms. The van der Waals surface area contributed by atoms with Crippen LogP contribution in [0.4, 0.5) is 0 Å². The largest absolute Gasteiger partial charge is 0.463 e. The van der Waals surface area contributed by atoms with Crippen LogP contribution in [0.3, 0.4) is 0 Å². The highest BCUT2D eigenvalue weighted by Crippen LogP contribution is 2.16. The van der Waals surface area contributed by atoms with E-state index in [1.165, 1.54) is 24.3 Å². The monoisotopic (exact) mass is 274 g/mol. The van der Waals surface area contributed by atoms with Crippen molar-refractivity contribution in [2.45, 2.75) is 11.8 Å². The van der Waals surface area contributed by atoms with E-state index in [1.807, 2.05) is 0 Å². The predicted molar refractivity (Wildman–Crippen MR) is 65.1 cm³/mol. The fraction of sp³-hybridized carbons (Fsp3) is 0.182. The number of esters is 1. The maximum Gasteiger partial charge on any atom is 0.330 e. The molecule has 0 radical (unpaired) electrons. The Kier molecular flexibility index (Phi) is 4.72. The van der Waals surface area contributed by atoms with Crippen LogP contribution in [0.25, 0.3) is 6.08 Å². The lowest BCUT2D eigenvalue weighted by atomic mass is 10.2. The van der Waals surface area contributed by atoms with Crippen LogP contribution in [0.5, 0.6) is 0 Å². The molecular formula is C11H11ClO4S. The van der Waals surface area contributed by atoms with Crippen molar-refractivity contribution in [3.63, 3.8) is 0 Å². The van der Waals surface area contributed by atoms with Crippen LogP contribution < -0.4 is 0 Å². The van der Waals surface area contributed by atoms with Gasteiger partial charge in [-0.25, -0.2) is 13.2 Å². The summed E-state index contributed by atoms with van der Waals surface area (Å²) in [7, 11) is 1.45. The van der Waals surface area contributed by atoms with Gasteiger partial charge in [-0.2, -0.15) is 0 Å². The molecular weight excluding hydrogens is 264 g/mol. The fourth-order valence-corrected chi connectivity index (χ4v) is 1.93. The lowest BCUT2D eigenvalue weighted by molar-refractivity contribution is -0.137. The molecule has 0 aromatic heterocycles. The third-order valence-electron chi connectivity index (χ3n) is 1.84. The van der Waals surface area contributed by atoms with Gasteiger partial charge >= 0.3 is 5.97 Å². The minimum atomic E-state index is -3.75. The highest BCUT2D eigenvalue weighted by Gasteiger charge is 2.09. The maximum atomic E-state index is 11.1. The van der Waals surface area contributed by atoms with Gasteiger partial charge in [0.25, 0.3) is 9.05 Å². The van der Waals surface area contributed by atoms with Crippen LogP contribution in [-0.2, 0) is 18.6 Å². The first kappa shape index (κ1) is 13.7. The van der Waals surface area contributed by atoms with Crippen LogP contribution in [0.15, 0.2) is 35.2 Å². The molecule has 4 nitrogen and oxygen atoms in total. The molecule has 0 saturated carbocycles. The van der Waals surface area contributed by atoms with Gasteiger partial charge in [-0.15, -0.1) is 0 Å². The minimum absolute atomic E-state index is 0.00910. The molecule has 0 heterocycles. The SMILES string of the molecule is CCOC(=O)/C=C/c1cccc(S(=O)(=O)Cl)c1. The van der Waals surface area contributed by atoms with E-state index in [-0.39, 0.29) is 4.90 Å². The van der Waals surface area contributed by atoms with Gasteiger partial charge in [0.05, 0.1) is 11.5 Å². The molecule has 0 saturated heterocycles. The third-order valence-corrected chi connectivity index (χ3v) is 3.19. The molecule has 0 N–H and O–H groups in total. The molecule has 1 aromatic rings. The van der Waals surface area contributed by atoms with Gasteiger partial charge in [0.1, 0.15) is 0 Å². The van der Waals surface area contributed by atoms with E-state index in [1.54, 1.807) is 19.1 Å². The van der Waals surface area contributed by atoms with Crippen molar-refractivity contribution < 1.29 is 17.9 Å². The van der Waals surface area contributed by atoms with Crippen LogP contribution in [0.2, 0.25) is 0 Å². The first-order chi connectivity index (χ1) is 7.93. The second-order valence-electron chi connectivity index (χ2n) is 3.10. The standard InChI is InChI=1S/C11H11ClO4S/c1-2-16-11(13)7-6-9-4-3-5-10(8-9)17(12,14)15/h3-8H,2H2,1H3/b7-6+. The normalized spacial score (nSPS) is 11.6. The van der Waals surface area contributed by atoms with Gasteiger partial charge in [0.2, 0.25) is 0 Å². The third kappa shape index (κ3) is 4.58. The fourth-order valence-electron chi connectivity index (χ4n) is 1.12. The summed E-state index contributed by atoms with van der Waals surface area (Å²) in [6, 6.07) is 5.95. The molecule has 0 atom stereocenters. The van der Waals surface area contributed by atoms with Crippen molar-refractivity contribution in [2.24, 2.45) is 0 Å². The summed E-state index contributed by atoms with van der Waals surface area (Å²) in [5.41, 5.74) is 0.555. The van der Waals surface area contributed by atoms with Crippen LogP contribution in [-0.4, -0.2) is 21.0 Å². The molecule has 0 amide bonds. The second kappa shape index (κ2) is 5.84. The van der Waals surface area contributed by atoms with Crippen molar-refractivity contribution in [3.8, 4) is 0 Å². The van der Waals surface area contributed by atoms with Gasteiger partial charge < -0.3 is 4.74 Å². The van der Waals surface area contributed by atoms with Crippen molar-refractivity contribution >= 4 is 31.8 Å². The minimum Gasteiger partial charge on any atom is -0.463 e. The summed E-state index contributed by atoms with van der Waals surface area (Å²) in [5.74, 6) is -0.480. The van der Waals surface area contributed by atoms with E-state index in [0.29, 0.717) is 12.2 Å². The predicted octanol–water partition coefficient (Wildman–Crippen LogP) is 2.19. The Morgan fingerprint density at radius 2 is 2.18 bits per heavy atom. The zero-order chi connectivity index (χ0) is 12.9. The van der Waals surface area contributed by atoms with Gasteiger partial charge in [-0.05, 0) is 30.7 Å². The van der Waals surface area contributed by atoms with E-state index >= 15 is 0 Å². The average molecular weight is 275 g/mol. The lowest BCUT2D eigenvalue weighted by Gasteiger charge is -1.98. The Bertz CT molecular complexity index is 534. The molecule has 0 bridgehead atoms. The summed E-state index contributed by atoms with van der Waals surface area (Å²) < 4.78 is 26.8. The number of halogens is 1. The van der Waals surface area contributed by atoms with E-state index in [0.717, 1.165) is 0 Å². The molecule has 0 fully saturated rings. The van der Waals surface area contributed by atoms with Gasteiger partial charge in [0.15, 0.2) is 0 Å². The van der Waals surface area contributed by atoms with Crippen LogP contribution >= 0.6 is 10.7 Å². The Morgan fingerprint density at radius 1 is 1.47 bits per heavy atom.